The van der Waals surface area contributed by atoms with Gasteiger partial charge in [0.15, 0.2) is 5.96 Å². The molecule has 1 aliphatic heterocycles. The van der Waals surface area contributed by atoms with Crippen molar-refractivity contribution in [3.05, 3.63) is 16.5 Å². The molecule has 1 aromatic heterocycles. The quantitative estimate of drug-likeness (QED) is 0.338. The molecule has 0 atom stereocenters. The Balaban J connectivity index is 1.74. The lowest BCUT2D eigenvalue weighted by Crippen LogP contribution is -2.47. The molecule has 0 spiro atoms. The third-order valence-electron chi connectivity index (χ3n) is 4.39. The molecule has 1 aromatic rings. The Hall–Kier alpha value is -1.36. The first-order valence-electron chi connectivity index (χ1n) is 8.77. The van der Waals surface area contributed by atoms with Crippen molar-refractivity contribution in [1.29, 1.82) is 0 Å². The van der Waals surface area contributed by atoms with Gasteiger partial charge in [0.1, 0.15) is 4.21 Å². The van der Waals surface area contributed by atoms with E-state index in [1.165, 1.54) is 6.07 Å². The van der Waals surface area contributed by atoms with Gasteiger partial charge in [-0.2, -0.15) is 0 Å². The maximum absolute atomic E-state index is 12.1. The molecule has 0 bridgehead atoms. The van der Waals surface area contributed by atoms with Gasteiger partial charge < -0.3 is 15.5 Å². The molecule has 1 saturated heterocycles. The van der Waals surface area contributed by atoms with Crippen LogP contribution in [-0.2, 0) is 14.8 Å². The van der Waals surface area contributed by atoms with Gasteiger partial charge >= 0.3 is 0 Å². The Bertz CT molecular complexity index is 758. The van der Waals surface area contributed by atoms with E-state index in [1.54, 1.807) is 20.2 Å². The number of nitrogens with one attached hydrogen (secondary N) is 3. The average Bonchev–Trinajstić information content (AvgIpc) is 3.10. The minimum Gasteiger partial charge on any atom is -0.359 e. The van der Waals surface area contributed by atoms with Crippen LogP contribution in [0.3, 0.4) is 0 Å². The summed E-state index contributed by atoms with van der Waals surface area (Å²) in [7, 11) is -0.175. The van der Waals surface area contributed by atoms with Crippen LogP contribution < -0.4 is 15.4 Å². The lowest BCUT2D eigenvalue weighted by molar-refractivity contribution is -0.121. The summed E-state index contributed by atoms with van der Waals surface area (Å²) >= 11 is 6.82. The smallest absolute Gasteiger partial charge is 0.250 e. The van der Waals surface area contributed by atoms with Crippen LogP contribution in [0.1, 0.15) is 19.3 Å². The molecule has 152 valence electrons. The first kappa shape index (κ1) is 21.9. The van der Waals surface area contributed by atoms with Gasteiger partial charge in [0, 0.05) is 46.7 Å². The molecule has 11 heteroatoms. The SMILES string of the molecule is CN=C(NCCNS(=O)(=O)c1ccc(Cl)s1)N1CCC(CC(=O)NC)CC1. The zero-order valence-electron chi connectivity index (χ0n) is 15.5. The molecular formula is C16H26ClN5O3S2. The molecule has 2 heterocycles. The van der Waals surface area contributed by atoms with Crippen LogP contribution in [-0.4, -0.2) is 65.5 Å². The normalized spacial score (nSPS) is 16.4. The molecule has 27 heavy (non-hydrogen) atoms. The van der Waals surface area contributed by atoms with Crippen LogP contribution in [0.2, 0.25) is 4.34 Å². The van der Waals surface area contributed by atoms with Gasteiger partial charge in [0.2, 0.25) is 15.9 Å². The van der Waals surface area contributed by atoms with E-state index in [1.807, 2.05) is 0 Å². The van der Waals surface area contributed by atoms with Gasteiger partial charge in [0.25, 0.3) is 0 Å². The maximum Gasteiger partial charge on any atom is 0.250 e. The number of hydrogen-bond donors (Lipinski definition) is 3. The molecule has 1 fully saturated rings. The first-order valence-corrected chi connectivity index (χ1v) is 11.4. The molecule has 0 saturated carbocycles. The Labute approximate surface area is 169 Å². The number of sulfonamides is 1. The Morgan fingerprint density at radius 2 is 2.04 bits per heavy atom. The number of guanidine groups is 1. The van der Waals surface area contributed by atoms with Crippen molar-refractivity contribution in [2.75, 3.05) is 40.3 Å². The predicted molar refractivity (Wildman–Crippen MR) is 109 cm³/mol. The molecule has 0 aromatic carbocycles. The zero-order chi connectivity index (χ0) is 19.9. The average molecular weight is 436 g/mol. The van der Waals surface area contributed by atoms with Crippen molar-refractivity contribution in [3.8, 4) is 0 Å². The van der Waals surface area contributed by atoms with Crippen LogP contribution >= 0.6 is 22.9 Å². The van der Waals surface area contributed by atoms with Crippen LogP contribution in [0.25, 0.3) is 0 Å². The Morgan fingerprint density at radius 3 is 2.59 bits per heavy atom. The highest BCUT2D eigenvalue weighted by Gasteiger charge is 2.23. The van der Waals surface area contributed by atoms with Crippen LogP contribution in [0, 0.1) is 5.92 Å². The van der Waals surface area contributed by atoms with Gasteiger partial charge in [-0.05, 0) is 30.9 Å². The van der Waals surface area contributed by atoms with Gasteiger partial charge in [0.05, 0.1) is 4.34 Å². The van der Waals surface area contributed by atoms with E-state index in [9.17, 15) is 13.2 Å². The Kier molecular flexibility index (Phi) is 8.33. The number of piperidine rings is 1. The molecule has 8 nitrogen and oxygen atoms in total. The summed E-state index contributed by atoms with van der Waals surface area (Å²) in [6.07, 6.45) is 2.42. The van der Waals surface area contributed by atoms with E-state index < -0.39 is 10.0 Å². The maximum atomic E-state index is 12.1. The van der Waals surface area contributed by atoms with E-state index in [4.69, 9.17) is 11.6 Å². The number of nitrogens with zero attached hydrogens (tertiary/aromatic N) is 2. The lowest BCUT2D eigenvalue weighted by Gasteiger charge is -2.34. The summed E-state index contributed by atoms with van der Waals surface area (Å²) in [4.78, 5) is 17.9. The fourth-order valence-corrected chi connectivity index (χ4v) is 5.48. The topological polar surface area (TPSA) is 103 Å². The number of likely N-dealkylation sites (tertiary alicyclic amines) is 1. The monoisotopic (exact) mass is 435 g/mol. The summed E-state index contributed by atoms with van der Waals surface area (Å²) in [6.45, 7) is 2.30. The summed E-state index contributed by atoms with van der Waals surface area (Å²) < 4.78 is 27.5. The second-order valence-electron chi connectivity index (χ2n) is 6.24. The van der Waals surface area contributed by atoms with E-state index in [0.717, 1.165) is 43.2 Å². The number of hydrogen-bond acceptors (Lipinski definition) is 5. The van der Waals surface area contributed by atoms with Crippen molar-refractivity contribution >= 4 is 44.8 Å². The van der Waals surface area contributed by atoms with Crippen molar-refractivity contribution in [3.63, 3.8) is 0 Å². The van der Waals surface area contributed by atoms with Crippen molar-refractivity contribution in [1.82, 2.24) is 20.3 Å². The first-order chi connectivity index (χ1) is 12.9. The molecule has 1 amide bonds. The van der Waals surface area contributed by atoms with Crippen molar-refractivity contribution < 1.29 is 13.2 Å². The number of rotatable bonds is 7. The summed E-state index contributed by atoms with van der Waals surface area (Å²) in [5, 5.41) is 5.85. The van der Waals surface area contributed by atoms with Crippen LogP contribution in [0.5, 0.6) is 0 Å². The minimum absolute atomic E-state index is 0.0790. The standard InChI is InChI=1S/C16H26ClN5O3S2/c1-18-14(23)11-12-5-9-22(10-6-12)16(19-2)20-7-8-21-27(24,25)15-4-3-13(17)26-15/h3-4,12,21H,5-11H2,1-2H3,(H,18,23)(H,19,20). The highest BCUT2D eigenvalue weighted by molar-refractivity contribution is 7.91. The number of aliphatic imine (C=N–C) groups is 1. The van der Waals surface area contributed by atoms with Gasteiger partial charge in [-0.1, -0.05) is 11.6 Å². The third-order valence-corrected chi connectivity index (χ3v) is 7.58. The minimum atomic E-state index is -3.54. The Morgan fingerprint density at radius 1 is 1.33 bits per heavy atom. The second-order valence-corrected chi connectivity index (χ2v) is 9.95. The molecule has 0 radical (unpaired) electrons. The third kappa shape index (κ3) is 6.63. The molecule has 3 N–H and O–H groups in total. The number of carbonyl (C=O) groups excluding carboxylic acids is 1. The largest absolute Gasteiger partial charge is 0.359 e. The van der Waals surface area contributed by atoms with Crippen molar-refractivity contribution in [2.24, 2.45) is 10.9 Å². The van der Waals surface area contributed by atoms with Gasteiger partial charge in [-0.15, -0.1) is 11.3 Å². The van der Waals surface area contributed by atoms with Crippen LogP contribution in [0.15, 0.2) is 21.3 Å². The van der Waals surface area contributed by atoms with Crippen LogP contribution in [0.4, 0.5) is 0 Å². The molecular weight excluding hydrogens is 410 g/mol. The van der Waals surface area contributed by atoms with E-state index in [0.29, 0.717) is 23.2 Å². The summed E-state index contributed by atoms with van der Waals surface area (Å²) in [5.41, 5.74) is 0. The highest BCUT2D eigenvalue weighted by Crippen LogP contribution is 2.25. The van der Waals surface area contributed by atoms with E-state index >= 15 is 0 Å². The fraction of sp³-hybridized carbons (Fsp3) is 0.625. The second kappa shape index (κ2) is 10.3. The van der Waals surface area contributed by atoms with Gasteiger partial charge in [-0.25, -0.2) is 13.1 Å². The molecule has 2 rings (SSSR count). The van der Waals surface area contributed by atoms with Crippen molar-refractivity contribution in [2.45, 2.75) is 23.5 Å². The van der Waals surface area contributed by atoms with E-state index in [2.05, 4.69) is 25.2 Å². The summed E-state index contributed by atoms with van der Waals surface area (Å²) in [6, 6.07) is 3.05. The highest BCUT2D eigenvalue weighted by atomic mass is 35.5. The van der Waals surface area contributed by atoms with Gasteiger partial charge in [-0.3, -0.25) is 9.79 Å². The number of thiophene rings is 1. The number of amides is 1. The van der Waals surface area contributed by atoms with E-state index in [-0.39, 0.29) is 16.7 Å². The zero-order valence-corrected chi connectivity index (χ0v) is 17.9. The fourth-order valence-electron chi connectivity index (χ4n) is 2.92. The molecule has 0 unspecified atom stereocenters. The number of carbonyl (C=O) groups is 1. The lowest BCUT2D eigenvalue weighted by atomic mass is 9.93. The molecule has 1 aliphatic rings. The number of halogens is 1. The predicted octanol–water partition coefficient (Wildman–Crippen LogP) is 1.10. The summed E-state index contributed by atoms with van der Waals surface area (Å²) in [5.74, 6) is 1.21. The molecule has 0 aliphatic carbocycles.